The normalized spacial score (nSPS) is 10.1. The molecule has 3 nitrogen and oxygen atoms in total. The quantitative estimate of drug-likeness (QED) is 0.442. The predicted molar refractivity (Wildman–Crippen MR) is 85.9 cm³/mol. The molecule has 0 aliphatic heterocycles. The van der Waals surface area contributed by atoms with Gasteiger partial charge >= 0.3 is 5.97 Å². The fourth-order valence-electron chi connectivity index (χ4n) is 1.60. The third kappa shape index (κ3) is 4.52. The van der Waals surface area contributed by atoms with E-state index in [0.29, 0.717) is 18.8 Å². The van der Waals surface area contributed by atoms with Crippen LogP contribution in [0.15, 0.2) is 48.5 Å². The number of rotatable bonds is 5. The Kier molecular flexibility index (Phi) is 5.40. The highest BCUT2D eigenvalue weighted by molar-refractivity contribution is 14.1. The highest BCUT2D eigenvalue weighted by Crippen LogP contribution is 2.19. The maximum Gasteiger partial charge on any atom is 0.310 e. The van der Waals surface area contributed by atoms with Gasteiger partial charge in [-0.25, -0.2) is 0 Å². The van der Waals surface area contributed by atoms with Crippen molar-refractivity contribution in [1.82, 2.24) is 0 Å². The van der Waals surface area contributed by atoms with E-state index >= 15 is 0 Å². The fourth-order valence-corrected chi connectivity index (χ4v) is 2.21. The molecule has 0 amide bonds. The van der Waals surface area contributed by atoms with Gasteiger partial charge in [0, 0.05) is 9.99 Å². The second-order valence-electron chi connectivity index (χ2n) is 4.22. The van der Waals surface area contributed by atoms with Crippen LogP contribution < -0.4 is 9.47 Å². The minimum absolute atomic E-state index is 0.238. The van der Waals surface area contributed by atoms with Gasteiger partial charge in [0.25, 0.3) is 0 Å². The van der Waals surface area contributed by atoms with Gasteiger partial charge in [-0.05, 0) is 64.6 Å². The molecule has 4 heteroatoms. The van der Waals surface area contributed by atoms with Crippen LogP contribution in [0.4, 0.5) is 0 Å². The molecule has 0 aliphatic carbocycles. The first-order chi connectivity index (χ1) is 9.67. The number of carbonyl (C=O) groups excluding carboxylic acids is 1. The standard InChI is InChI=1S/C16H15IO3/c1-2-16(18)20-15-8-6-14(7-9-15)19-11-12-4-3-5-13(17)10-12/h3-10H,2,11H2,1H3. The Morgan fingerprint density at radius 3 is 2.45 bits per heavy atom. The van der Waals surface area contributed by atoms with Crippen molar-refractivity contribution in [2.45, 2.75) is 20.0 Å². The molecule has 2 aromatic rings. The summed E-state index contributed by atoms with van der Waals surface area (Å²) in [4.78, 5) is 11.2. The van der Waals surface area contributed by atoms with Gasteiger partial charge in [0.1, 0.15) is 18.1 Å². The van der Waals surface area contributed by atoms with Gasteiger partial charge in [-0.2, -0.15) is 0 Å². The number of halogens is 1. The Bertz CT molecular complexity index is 579. The van der Waals surface area contributed by atoms with Crippen LogP contribution in [0.5, 0.6) is 11.5 Å². The first-order valence-electron chi connectivity index (χ1n) is 6.35. The Balaban J connectivity index is 1.92. The van der Waals surface area contributed by atoms with Crippen LogP contribution in [0.2, 0.25) is 0 Å². The maximum atomic E-state index is 11.2. The summed E-state index contributed by atoms with van der Waals surface area (Å²) < 4.78 is 12.0. The average Bonchev–Trinajstić information content (AvgIpc) is 2.46. The van der Waals surface area contributed by atoms with Crippen molar-refractivity contribution < 1.29 is 14.3 Å². The van der Waals surface area contributed by atoms with Gasteiger partial charge in [-0.15, -0.1) is 0 Å². The van der Waals surface area contributed by atoms with E-state index in [9.17, 15) is 4.79 Å². The van der Waals surface area contributed by atoms with E-state index < -0.39 is 0 Å². The van der Waals surface area contributed by atoms with Crippen molar-refractivity contribution >= 4 is 28.6 Å². The highest BCUT2D eigenvalue weighted by atomic mass is 127. The first kappa shape index (κ1) is 14.8. The Morgan fingerprint density at radius 2 is 1.80 bits per heavy atom. The lowest BCUT2D eigenvalue weighted by molar-refractivity contribution is -0.134. The summed E-state index contributed by atoms with van der Waals surface area (Å²) in [5.41, 5.74) is 1.12. The van der Waals surface area contributed by atoms with Crippen molar-refractivity contribution in [3.05, 3.63) is 57.7 Å². The van der Waals surface area contributed by atoms with Crippen molar-refractivity contribution in [2.24, 2.45) is 0 Å². The SMILES string of the molecule is CCC(=O)Oc1ccc(OCc2cccc(I)c2)cc1. The average molecular weight is 382 g/mol. The molecule has 0 saturated heterocycles. The van der Waals surface area contributed by atoms with E-state index in [2.05, 4.69) is 28.7 Å². The zero-order valence-electron chi connectivity index (χ0n) is 11.1. The van der Waals surface area contributed by atoms with Crippen molar-refractivity contribution in [3.63, 3.8) is 0 Å². The largest absolute Gasteiger partial charge is 0.489 e. The molecule has 0 aromatic heterocycles. The van der Waals surface area contributed by atoms with E-state index in [4.69, 9.17) is 9.47 Å². The molecule has 0 atom stereocenters. The van der Waals surface area contributed by atoms with Crippen molar-refractivity contribution in [2.75, 3.05) is 0 Å². The van der Waals surface area contributed by atoms with Gasteiger partial charge in [0.05, 0.1) is 0 Å². The molecule has 0 bridgehead atoms. The summed E-state index contributed by atoms with van der Waals surface area (Å²) >= 11 is 2.27. The van der Waals surface area contributed by atoms with Crippen molar-refractivity contribution in [1.29, 1.82) is 0 Å². The number of hydrogen-bond donors (Lipinski definition) is 0. The lowest BCUT2D eigenvalue weighted by Gasteiger charge is -2.08. The number of benzene rings is 2. The number of ether oxygens (including phenoxy) is 2. The first-order valence-corrected chi connectivity index (χ1v) is 7.43. The second kappa shape index (κ2) is 7.28. The third-order valence-electron chi connectivity index (χ3n) is 2.64. The zero-order chi connectivity index (χ0) is 14.4. The summed E-state index contributed by atoms with van der Waals surface area (Å²) in [6.07, 6.45) is 0.366. The highest BCUT2D eigenvalue weighted by Gasteiger charge is 2.02. The van der Waals surface area contributed by atoms with Gasteiger partial charge < -0.3 is 9.47 Å². The molecule has 0 N–H and O–H groups in total. The van der Waals surface area contributed by atoms with Crippen LogP contribution in [-0.4, -0.2) is 5.97 Å². The van der Waals surface area contributed by atoms with Gasteiger partial charge in [-0.3, -0.25) is 4.79 Å². The molecule has 0 heterocycles. The summed E-state index contributed by atoms with van der Waals surface area (Å²) in [7, 11) is 0. The van der Waals surface area contributed by atoms with Gasteiger partial charge in [0.15, 0.2) is 0 Å². The molecular weight excluding hydrogens is 367 g/mol. The van der Waals surface area contributed by atoms with Crippen LogP contribution in [0.25, 0.3) is 0 Å². The number of hydrogen-bond acceptors (Lipinski definition) is 3. The van der Waals surface area contributed by atoms with E-state index in [1.807, 2.05) is 18.2 Å². The molecule has 20 heavy (non-hydrogen) atoms. The van der Waals surface area contributed by atoms with Crippen LogP contribution in [-0.2, 0) is 11.4 Å². The predicted octanol–water partition coefficient (Wildman–Crippen LogP) is 4.19. The van der Waals surface area contributed by atoms with E-state index in [1.54, 1.807) is 31.2 Å². The molecule has 2 rings (SSSR count). The Morgan fingerprint density at radius 1 is 1.10 bits per heavy atom. The van der Waals surface area contributed by atoms with Crippen molar-refractivity contribution in [3.8, 4) is 11.5 Å². The molecule has 0 spiro atoms. The van der Waals surface area contributed by atoms with E-state index in [1.165, 1.54) is 3.57 Å². The molecule has 0 radical (unpaired) electrons. The fraction of sp³-hybridized carbons (Fsp3) is 0.188. The van der Waals surface area contributed by atoms with Gasteiger partial charge in [-0.1, -0.05) is 19.1 Å². The lowest BCUT2D eigenvalue weighted by Crippen LogP contribution is -2.05. The summed E-state index contributed by atoms with van der Waals surface area (Å²) in [6.45, 7) is 2.28. The second-order valence-corrected chi connectivity index (χ2v) is 5.46. The Hall–Kier alpha value is -1.56. The topological polar surface area (TPSA) is 35.5 Å². The van der Waals surface area contributed by atoms with Crippen LogP contribution in [0, 0.1) is 3.57 Å². The minimum atomic E-state index is -0.238. The molecule has 0 aliphatic rings. The minimum Gasteiger partial charge on any atom is -0.489 e. The van der Waals surface area contributed by atoms with Crippen LogP contribution in [0.3, 0.4) is 0 Å². The summed E-state index contributed by atoms with van der Waals surface area (Å²) in [6, 6.07) is 15.2. The van der Waals surface area contributed by atoms with Gasteiger partial charge in [0.2, 0.25) is 0 Å². The van der Waals surface area contributed by atoms with Crippen LogP contribution >= 0.6 is 22.6 Å². The van der Waals surface area contributed by atoms with E-state index in [0.717, 1.165) is 11.3 Å². The van der Waals surface area contributed by atoms with E-state index in [-0.39, 0.29) is 5.97 Å². The molecular formula is C16H15IO3. The zero-order valence-corrected chi connectivity index (χ0v) is 13.3. The molecule has 0 unspecified atom stereocenters. The number of carbonyl (C=O) groups is 1. The third-order valence-corrected chi connectivity index (χ3v) is 3.31. The molecule has 2 aromatic carbocycles. The monoisotopic (exact) mass is 382 g/mol. The molecule has 0 fully saturated rings. The molecule has 0 saturated carbocycles. The maximum absolute atomic E-state index is 11.2. The smallest absolute Gasteiger partial charge is 0.310 e. The number of esters is 1. The summed E-state index contributed by atoms with van der Waals surface area (Å²) in [5, 5.41) is 0. The lowest BCUT2D eigenvalue weighted by atomic mass is 10.2. The molecule has 104 valence electrons. The summed E-state index contributed by atoms with van der Waals surface area (Å²) in [5.74, 6) is 1.05. The van der Waals surface area contributed by atoms with Crippen LogP contribution in [0.1, 0.15) is 18.9 Å². The Labute approximate surface area is 132 Å².